The molecular weight excluding hydrogens is 340 g/mol. The summed E-state index contributed by atoms with van der Waals surface area (Å²) >= 11 is 0. The molecule has 166 valence electrons. The Kier molecular flexibility index (Phi) is 7.41. The Morgan fingerprint density at radius 2 is 1.18 bits per heavy atom. The first-order chi connectivity index (χ1) is 12.6. The van der Waals surface area contributed by atoms with E-state index < -0.39 is 0 Å². The summed E-state index contributed by atoms with van der Waals surface area (Å²) in [5.74, 6) is 0.843. The molecule has 0 aromatic carbocycles. The molecule has 2 aliphatic heterocycles. The molecule has 0 radical (unpaired) electrons. The Labute approximate surface area is 177 Å². The van der Waals surface area contributed by atoms with Crippen LogP contribution in [0.3, 0.4) is 0 Å². The van der Waals surface area contributed by atoms with Gasteiger partial charge in [-0.1, -0.05) is 75.7 Å². The van der Waals surface area contributed by atoms with Gasteiger partial charge in [0.1, 0.15) is 0 Å². The molecule has 28 heavy (non-hydrogen) atoms. The predicted octanol–water partition coefficient (Wildman–Crippen LogP) is 6.79. The Morgan fingerprint density at radius 1 is 0.643 bits per heavy atom. The van der Waals surface area contributed by atoms with Crippen LogP contribution in [0.4, 0.5) is 0 Å². The van der Waals surface area contributed by atoms with Gasteiger partial charge in [-0.05, 0) is 72.6 Å². The molecule has 0 aromatic rings. The van der Waals surface area contributed by atoms with Crippen LogP contribution < -0.4 is 10.6 Å². The maximum Gasteiger partial charge on any atom is 0.0121 e. The van der Waals surface area contributed by atoms with E-state index in [1.54, 1.807) is 0 Å². The number of rotatable bonds is 5. The number of hydrogen-bond acceptors (Lipinski definition) is 2. The van der Waals surface area contributed by atoms with Crippen molar-refractivity contribution < 1.29 is 0 Å². The van der Waals surface area contributed by atoms with Gasteiger partial charge in [0.25, 0.3) is 0 Å². The smallest absolute Gasteiger partial charge is 0.0121 e. The van der Waals surface area contributed by atoms with Crippen LogP contribution in [0.2, 0.25) is 0 Å². The van der Waals surface area contributed by atoms with Crippen molar-refractivity contribution in [2.45, 2.75) is 132 Å². The molecule has 2 aliphatic rings. The second-order valence-corrected chi connectivity index (χ2v) is 13.6. The fourth-order valence-electron chi connectivity index (χ4n) is 5.54. The summed E-state index contributed by atoms with van der Waals surface area (Å²) in [6.07, 6.45) is 9.43. The van der Waals surface area contributed by atoms with E-state index >= 15 is 0 Å². The molecule has 0 aliphatic carbocycles. The highest BCUT2D eigenvalue weighted by atomic mass is 15.0. The normalized spacial score (nSPS) is 31.1. The van der Waals surface area contributed by atoms with Gasteiger partial charge in [-0.25, -0.2) is 0 Å². The molecule has 2 saturated heterocycles. The average Bonchev–Trinajstić information content (AvgIpc) is 2.59. The quantitative estimate of drug-likeness (QED) is 0.538. The summed E-state index contributed by atoms with van der Waals surface area (Å²) < 4.78 is 0. The van der Waals surface area contributed by atoms with Gasteiger partial charge in [-0.15, -0.1) is 0 Å². The second kappa shape index (κ2) is 8.58. The summed E-state index contributed by atoms with van der Waals surface area (Å²) in [6.45, 7) is 25.7. The first-order valence-electron chi connectivity index (χ1n) is 12.1. The molecule has 2 heteroatoms. The molecule has 2 heterocycles. The van der Waals surface area contributed by atoms with Crippen molar-refractivity contribution in [2.24, 2.45) is 27.6 Å². The predicted molar refractivity (Wildman–Crippen MR) is 125 cm³/mol. The van der Waals surface area contributed by atoms with Crippen molar-refractivity contribution >= 4 is 0 Å². The molecule has 0 bridgehead atoms. The van der Waals surface area contributed by atoms with Crippen molar-refractivity contribution in [3.8, 4) is 0 Å². The zero-order valence-electron chi connectivity index (χ0n) is 21.0. The van der Waals surface area contributed by atoms with Crippen molar-refractivity contribution in [1.82, 2.24) is 10.6 Å². The minimum atomic E-state index is 0.363. The topological polar surface area (TPSA) is 24.1 Å². The molecule has 2 nitrogen and oxygen atoms in total. The first kappa shape index (κ1) is 24.2. The highest BCUT2D eigenvalue weighted by molar-refractivity contribution is 4.96. The van der Waals surface area contributed by atoms with Crippen LogP contribution in [0.25, 0.3) is 0 Å². The lowest BCUT2D eigenvalue weighted by atomic mass is 9.64. The van der Waals surface area contributed by atoms with E-state index in [0.29, 0.717) is 39.8 Å². The number of nitrogens with one attached hydrogen (secondary N) is 2. The van der Waals surface area contributed by atoms with E-state index in [1.807, 2.05) is 0 Å². The van der Waals surface area contributed by atoms with Gasteiger partial charge < -0.3 is 10.6 Å². The summed E-state index contributed by atoms with van der Waals surface area (Å²) in [7, 11) is 0. The summed E-state index contributed by atoms with van der Waals surface area (Å²) in [5, 5.41) is 7.86. The standard InChI is InChI=1S/C26H52N2/c1-23(2,3)20-12-11-13-21(28-20)26(9,10)16-15-25(7,8)19-14-17-27-22(18-19)24(4,5)6/h19-22,27-28H,11-18H2,1-10H3. The molecule has 0 spiro atoms. The molecule has 0 aromatic heterocycles. The third-order valence-electron chi connectivity index (χ3n) is 8.34. The van der Waals surface area contributed by atoms with Gasteiger partial charge in [0.15, 0.2) is 0 Å². The Balaban J connectivity index is 1.96. The third kappa shape index (κ3) is 6.21. The fourth-order valence-corrected chi connectivity index (χ4v) is 5.54. The molecule has 2 rings (SSSR count). The molecule has 4 atom stereocenters. The van der Waals surface area contributed by atoms with Crippen molar-refractivity contribution in [3.05, 3.63) is 0 Å². The van der Waals surface area contributed by atoms with Gasteiger partial charge in [0.05, 0.1) is 0 Å². The monoisotopic (exact) mass is 392 g/mol. The van der Waals surface area contributed by atoms with Crippen LogP contribution in [0.1, 0.15) is 114 Å². The lowest BCUT2D eigenvalue weighted by Crippen LogP contribution is -2.54. The van der Waals surface area contributed by atoms with Crippen LogP contribution in [0.5, 0.6) is 0 Å². The highest BCUT2D eigenvalue weighted by Gasteiger charge is 2.41. The molecular formula is C26H52N2. The molecule has 4 unspecified atom stereocenters. The largest absolute Gasteiger partial charge is 0.313 e. The van der Waals surface area contributed by atoms with Crippen LogP contribution in [0, 0.1) is 27.6 Å². The zero-order valence-corrected chi connectivity index (χ0v) is 21.0. The molecule has 2 fully saturated rings. The average molecular weight is 393 g/mol. The van der Waals surface area contributed by atoms with Crippen LogP contribution in [-0.4, -0.2) is 24.7 Å². The van der Waals surface area contributed by atoms with Crippen molar-refractivity contribution in [1.29, 1.82) is 0 Å². The van der Waals surface area contributed by atoms with Crippen LogP contribution >= 0.6 is 0 Å². The minimum absolute atomic E-state index is 0.363. The van der Waals surface area contributed by atoms with E-state index in [-0.39, 0.29) is 0 Å². The fraction of sp³-hybridized carbons (Fsp3) is 1.00. The molecule has 0 saturated carbocycles. The molecule has 0 amide bonds. The van der Waals surface area contributed by atoms with Gasteiger partial charge in [-0.2, -0.15) is 0 Å². The van der Waals surface area contributed by atoms with E-state index in [0.717, 1.165) is 5.92 Å². The third-order valence-corrected chi connectivity index (χ3v) is 8.34. The second-order valence-electron chi connectivity index (χ2n) is 13.6. The SMILES string of the molecule is CC(C)(C)C1CC(C(C)(C)CCC(C)(C)C2CCCC(C(C)(C)C)N2)CCN1. The van der Waals surface area contributed by atoms with Crippen molar-refractivity contribution in [2.75, 3.05) is 6.54 Å². The van der Waals surface area contributed by atoms with Gasteiger partial charge in [-0.3, -0.25) is 0 Å². The molecule has 2 N–H and O–H groups in total. The first-order valence-corrected chi connectivity index (χ1v) is 12.1. The van der Waals surface area contributed by atoms with Gasteiger partial charge in [0.2, 0.25) is 0 Å². The lowest BCUT2D eigenvalue weighted by molar-refractivity contribution is 0.0658. The van der Waals surface area contributed by atoms with Crippen LogP contribution in [0.15, 0.2) is 0 Å². The summed E-state index contributed by atoms with van der Waals surface area (Å²) in [5.41, 5.74) is 1.53. The van der Waals surface area contributed by atoms with Crippen LogP contribution in [-0.2, 0) is 0 Å². The van der Waals surface area contributed by atoms with E-state index in [1.165, 1.54) is 51.5 Å². The summed E-state index contributed by atoms with van der Waals surface area (Å²) in [4.78, 5) is 0. The number of piperidine rings is 2. The Bertz CT molecular complexity index is 446. The van der Waals surface area contributed by atoms with E-state index in [4.69, 9.17) is 0 Å². The Morgan fingerprint density at radius 3 is 1.75 bits per heavy atom. The van der Waals surface area contributed by atoms with Crippen molar-refractivity contribution in [3.63, 3.8) is 0 Å². The Hall–Kier alpha value is -0.0800. The van der Waals surface area contributed by atoms with E-state index in [9.17, 15) is 0 Å². The lowest BCUT2D eigenvalue weighted by Gasteiger charge is -2.48. The van der Waals surface area contributed by atoms with Gasteiger partial charge in [0, 0.05) is 18.1 Å². The van der Waals surface area contributed by atoms with E-state index in [2.05, 4.69) is 79.9 Å². The maximum absolute atomic E-state index is 4.07. The minimum Gasteiger partial charge on any atom is -0.313 e. The summed E-state index contributed by atoms with van der Waals surface area (Å²) in [6, 6.07) is 1.98. The maximum atomic E-state index is 4.07. The van der Waals surface area contributed by atoms with Gasteiger partial charge >= 0.3 is 0 Å². The highest BCUT2D eigenvalue weighted by Crippen LogP contribution is 2.45. The number of hydrogen-bond donors (Lipinski definition) is 2. The zero-order chi connectivity index (χ0) is 21.4.